The number of carbonyl (C=O) groups is 1. The molecule has 0 aliphatic carbocycles. The summed E-state index contributed by atoms with van der Waals surface area (Å²) in [7, 11) is 6.47. The van der Waals surface area contributed by atoms with E-state index in [1.165, 1.54) is 21.3 Å². The molecule has 1 aromatic carbocycles. The zero-order chi connectivity index (χ0) is 18.4. The van der Waals surface area contributed by atoms with Crippen molar-refractivity contribution in [2.75, 3.05) is 33.7 Å². The van der Waals surface area contributed by atoms with Gasteiger partial charge in [-0.05, 0) is 20.0 Å². The molecule has 2 N–H and O–H groups in total. The number of rotatable bonds is 8. The summed E-state index contributed by atoms with van der Waals surface area (Å²) in [6.07, 6.45) is 1.68. The number of likely N-dealkylation sites (N-methyl/N-ethyl adjacent to an activating group) is 1. The van der Waals surface area contributed by atoms with Crippen molar-refractivity contribution in [2.45, 2.75) is 19.5 Å². The van der Waals surface area contributed by atoms with Crippen molar-refractivity contribution < 1.29 is 19.0 Å². The third kappa shape index (κ3) is 4.42. The van der Waals surface area contributed by atoms with Gasteiger partial charge in [0, 0.05) is 36.3 Å². The fourth-order valence-electron chi connectivity index (χ4n) is 2.38. The average molecular weight is 348 g/mol. The molecule has 0 spiro atoms. The van der Waals surface area contributed by atoms with Gasteiger partial charge in [0.05, 0.1) is 27.4 Å². The maximum Gasteiger partial charge on any atom is 0.241 e. The highest BCUT2D eigenvalue weighted by Crippen LogP contribution is 2.39. The number of amides is 1. The monoisotopic (exact) mass is 348 g/mol. The van der Waals surface area contributed by atoms with Crippen molar-refractivity contribution in [1.29, 1.82) is 0 Å². The zero-order valence-electron chi connectivity index (χ0n) is 15.1. The predicted octanol–water partition coefficient (Wildman–Crippen LogP) is 1.89. The number of nitrogens with one attached hydrogen (secondary N) is 2. The van der Waals surface area contributed by atoms with Crippen molar-refractivity contribution in [3.05, 3.63) is 30.1 Å². The zero-order valence-corrected chi connectivity index (χ0v) is 15.1. The number of aromatic amines is 1. The van der Waals surface area contributed by atoms with E-state index in [0.717, 1.165) is 5.69 Å². The van der Waals surface area contributed by atoms with E-state index < -0.39 is 0 Å². The number of hydrogen-bond donors (Lipinski definition) is 2. The molecular weight excluding hydrogens is 324 g/mol. The largest absolute Gasteiger partial charge is 0.493 e. The van der Waals surface area contributed by atoms with Crippen LogP contribution in [-0.2, 0) is 11.3 Å². The number of benzene rings is 1. The van der Waals surface area contributed by atoms with Crippen LogP contribution < -0.4 is 19.5 Å². The summed E-state index contributed by atoms with van der Waals surface area (Å²) >= 11 is 0. The van der Waals surface area contributed by atoms with Gasteiger partial charge in [-0.25, -0.2) is 0 Å². The van der Waals surface area contributed by atoms with E-state index in [0.29, 0.717) is 29.5 Å². The highest BCUT2D eigenvalue weighted by atomic mass is 16.5. The molecule has 1 unspecified atom stereocenters. The lowest BCUT2D eigenvalue weighted by Gasteiger charge is -2.23. The topological polar surface area (TPSA) is 88.7 Å². The smallest absolute Gasteiger partial charge is 0.241 e. The van der Waals surface area contributed by atoms with Crippen LogP contribution in [0.3, 0.4) is 0 Å². The van der Waals surface area contributed by atoms with Gasteiger partial charge >= 0.3 is 0 Å². The number of carbonyl (C=O) groups excluding carboxylic acids is 1. The van der Waals surface area contributed by atoms with E-state index in [1.54, 1.807) is 18.3 Å². The number of H-pyrrole nitrogens is 1. The molecule has 1 atom stereocenters. The molecule has 0 fully saturated rings. The number of anilines is 1. The van der Waals surface area contributed by atoms with Crippen LogP contribution in [0.1, 0.15) is 12.6 Å². The highest BCUT2D eigenvalue weighted by Gasteiger charge is 2.20. The minimum atomic E-state index is -0.345. The Balaban J connectivity index is 2.11. The normalized spacial score (nSPS) is 11.9. The molecule has 0 saturated carbocycles. The second-order valence-electron chi connectivity index (χ2n) is 5.58. The molecule has 0 aliphatic heterocycles. The molecule has 2 aromatic rings. The number of methoxy groups -OCH3 is 3. The fourth-order valence-corrected chi connectivity index (χ4v) is 2.38. The molecule has 0 radical (unpaired) electrons. The molecular formula is C17H24N4O4. The molecule has 25 heavy (non-hydrogen) atoms. The summed E-state index contributed by atoms with van der Waals surface area (Å²) in [6.45, 7) is 2.42. The first-order valence-corrected chi connectivity index (χ1v) is 7.79. The van der Waals surface area contributed by atoms with Crippen LogP contribution in [0.15, 0.2) is 24.4 Å². The van der Waals surface area contributed by atoms with Crippen LogP contribution in [0.5, 0.6) is 17.2 Å². The van der Waals surface area contributed by atoms with Crippen LogP contribution >= 0.6 is 0 Å². The number of hydrogen-bond acceptors (Lipinski definition) is 6. The summed E-state index contributed by atoms with van der Waals surface area (Å²) in [5.41, 5.74) is 1.51. The second-order valence-corrected chi connectivity index (χ2v) is 5.58. The molecule has 1 heterocycles. The maximum atomic E-state index is 12.5. The molecule has 1 aromatic heterocycles. The molecule has 0 bridgehead atoms. The minimum Gasteiger partial charge on any atom is -0.493 e. The van der Waals surface area contributed by atoms with Crippen LogP contribution in [0.2, 0.25) is 0 Å². The van der Waals surface area contributed by atoms with E-state index in [4.69, 9.17) is 14.2 Å². The first kappa shape index (κ1) is 18.6. The number of nitrogens with zero attached hydrogens (tertiary/aromatic N) is 2. The van der Waals surface area contributed by atoms with Crippen LogP contribution in [0, 0.1) is 0 Å². The standard InChI is InChI=1S/C17H24N4O4/c1-11(21(2)10-12-6-7-18-20-12)17(22)19-13-8-14(23-3)16(25-5)15(9-13)24-4/h6-9,11H,10H2,1-5H3,(H,18,20)(H,19,22). The summed E-state index contributed by atoms with van der Waals surface area (Å²) in [5, 5.41) is 9.67. The van der Waals surface area contributed by atoms with Gasteiger partial charge in [-0.3, -0.25) is 14.8 Å². The summed E-state index contributed by atoms with van der Waals surface area (Å²) in [5.74, 6) is 1.30. The third-order valence-corrected chi connectivity index (χ3v) is 3.95. The van der Waals surface area contributed by atoms with E-state index >= 15 is 0 Å². The lowest BCUT2D eigenvalue weighted by atomic mass is 10.2. The lowest BCUT2D eigenvalue weighted by Crippen LogP contribution is -2.39. The van der Waals surface area contributed by atoms with Crippen molar-refractivity contribution in [1.82, 2.24) is 15.1 Å². The minimum absolute atomic E-state index is 0.142. The van der Waals surface area contributed by atoms with Crippen molar-refractivity contribution in [3.63, 3.8) is 0 Å². The van der Waals surface area contributed by atoms with E-state index in [2.05, 4.69) is 15.5 Å². The Morgan fingerprint density at radius 1 is 1.24 bits per heavy atom. The Bertz CT molecular complexity index is 678. The second kappa shape index (κ2) is 8.39. The fraction of sp³-hybridized carbons (Fsp3) is 0.412. The Labute approximate surface area is 147 Å². The van der Waals surface area contributed by atoms with Gasteiger partial charge in [0.15, 0.2) is 11.5 Å². The summed E-state index contributed by atoms with van der Waals surface area (Å²) in [6, 6.07) is 4.92. The SMILES string of the molecule is COc1cc(NC(=O)C(C)N(C)Cc2ccn[nH]2)cc(OC)c1OC. The number of ether oxygens (including phenoxy) is 3. The lowest BCUT2D eigenvalue weighted by molar-refractivity contribution is -0.120. The molecule has 136 valence electrons. The number of aromatic nitrogens is 2. The molecule has 1 amide bonds. The van der Waals surface area contributed by atoms with Gasteiger partial charge in [-0.15, -0.1) is 0 Å². The Morgan fingerprint density at radius 3 is 2.36 bits per heavy atom. The quantitative estimate of drug-likeness (QED) is 0.757. The summed E-state index contributed by atoms with van der Waals surface area (Å²) in [4.78, 5) is 14.5. The van der Waals surface area contributed by atoms with Gasteiger partial charge in [-0.1, -0.05) is 0 Å². The molecule has 2 rings (SSSR count). The van der Waals surface area contributed by atoms with Crippen molar-refractivity contribution in [2.24, 2.45) is 0 Å². The van der Waals surface area contributed by atoms with Crippen LogP contribution in [-0.4, -0.2) is 55.4 Å². The molecule has 8 heteroatoms. The molecule has 0 saturated heterocycles. The van der Waals surface area contributed by atoms with E-state index in [1.807, 2.05) is 24.9 Å². The predicted molar refractivity (Wildman–Crippen MR) is 94.2 cm³/mol. The summed E-state index contributed by atoms with van der Waals surface area (Å²) < 4.78 is 15.9. The Kier molecular flexibility index (Phi) is 6.24. The van der Waals surface area contributed by atoms with Crippen molar-refractivity contribution >= 4 is 11.6 Å². The van der Waals surface area contributed by atoms with Gasteiger partial charge in [0.25, 0.3) is 0 Å². The van der Waals surface area contributed by atoms with Crippen LogP contribution in [0.4, 0.5) is 5.69 Å². The van der Waals surface area contributed by atoms with Gasteiger partial charge in [0.1, 0.15) is 0 Å². The Hall–Kier alpha value is -2.74. The van der Waals surface area contributed by atoms with Gasteiger partial charge in [-0.2, -0.15) is 5.10 Å². The van der Waals surface area contributed by atoms with Gasteiger partial charge in [0.2, 0.25) is 11.7 Å². The van der Waals surface area contributed by atoms with Gasteiger partial charge < -0.3 is 19.5 Å². The first-order valence-electron chi connectivity index (χ1n) is 7.79. The van der Waals surface area contributed by atoms with Crippen LogP contribution in [0.25, 0.3) is 0 Å². The molecule has 8 nitrogen and oxygen atoms in total. The van der Waals surface area contributed by atoms with Crippen molar-refractivity contribution in [3.8, 4) is 17.2 Å². The highest BCUT2D eigenvalue weighted by molar-refractivity contribution is 5.95. The average Bonchev–Trinajstić information content (AvgIpc) is 3.12. The third-order valence-electron chi connectivity index (χ3n) is 3.95. The Morgan fingerprint density at radius 2 is 1.88 bits per heavy atom. The maximum absolute atomic E-state index is 12.5. The molecule has 0 aliphatic rings. The van der Waals surface area contributed by atoms with E-state index in [9.17, 15) is 4.79 Å². The first-order chi connectivity index (χ1) is 12.0. The van der Waals surface area contributed by atoms with E-state index in [-0.39, 0.29) is 11.9 Å².